The van der Waals surface area contributed by atoms with E-state index in [-0.39, 0.29) is 11.8 Å². The van der Waals surface area contributed by atoms with E-state index in [0.29, 0.717) is 0 Å². The Hall–Kier alpha value is -2.68. The number of aromatic nitrogens is 1. The summed E-state index contributed by atoms with van der Waals surface area (Å²) in [6.45, 7) is 0. The SMILES string of the molecule is O=C(Nc1ccc(-c2ccc3ccccc3n2)cc1)C1CCCCC1. The van der Waals surface area contributed by atoms with Crippen LogP contribution in [0.5, 0.6) is 0 Å². The molecule has 1 amide bonds. The van der Waals surface area contributed by atoms with Crippen LogP contribution in [0.25, 0.3) is 22.2 Å². The van der Waals surface area contributed by atoms with Gasteiger partial charge in [0, 0.05) is 22.6 Å². The third-order valence-corrected chi connectivity index (χ3v) is 5.02. The minimum atomic E-state index is 0.163. The van der Waals surface area contributed by atoms with Gasteiger partial charge in [-0.1, -0.05) is 55.7 Å². The van der Waals surface area contributed by atoms with Gasteiger partial charge in [0.15, 0.2) is 0 Å². The van der Waals surface area contributed by atoms with Gasteiger partial charge in [-0.25, -0.2) is 4.98 Å². The van der Waals surface area contributed by atoms with Crippen LogP contribution in [-0.2, 0) is 4.79 Å². The molecule has 0 aliphatic heterocycles. The maximum absolute atomic E-state index is 12.3. The number of nitrogens with zero attached hydrogens (tertiary/aromatic N) is 1. The normalized spacial score (nSPS) is 15.2. The number of carbonyl (C=O) groups is 1. The number of amides is 1. The van der Waals surface area contributed by atoms with E-state index >= 15 is 0 Å². The number of benzene rings is 2. The van der Waals surface area contributed by atoms with E-state index in [1.807, 2.05) is 48.5 Å². The van der Waals surface area contributed by atoms with Crippen molar-refractivity contribution in [3.8, 4) is 11.3 Å². The summed E-state index contributed by atoms with van der Waals surface area (Å²) >= 11 is 0. The lowest BCUT2D eigenvalue weighted by Crippen LogP contribution is -2.24. The summed E-state index contributed by atoms with van der Waals surface area (Å²) < 4.78 is 0. The van der Waals surface area contributed by atoms with E-state index < -0.39 is 0 Å². The monoisotopic (exact) mass is 330 g/mol. The van der Waals surface area contributed by atoms with E-state index in [4.69, 9.17) is 4.98 Å². The number of rotatable bonds is 3. The molecule has 1 aromatic heterocycles. The van der Waals surface area contributed by atoms with Crippen LogP contribution >= 0.6 is 0 Å². The van der Waals surface area contributed by atoms with E-state index in [1.165, 1.54) is 19.3 Å². The highest BCUT2D eigenvalue weighted by Gasteiger charge is 2.20. The highest BCUT2D eigenvalue weighted by molar-refractivity contribution is 5.92. The molecule has 3 aromatic rings. The number of fused-ring (bicyclic) bond motifs is 1. The minimum absolute atomic E-state index is 0.163. The van der Waals surface area contributed by atoms with Gasteiger partial charge in [0.2, 0.25) is 5.91 Å². The maximum atomic E-state index is 12.3. The zero-order valence-electron chi connectivity index (χ0n) is 14.2. The molecule has 1 aliphatic carbocycles. The van der Waals surface area contributed by atoms with Crippen molar-refractivity contribution in [2.45, 2.75) is 32.1 Å². The average molecular weight is 330 g/mol. The van der Waals surface area contributed by atoms with Crippen LogP contribution in [0.1, 0.15) is 32.1 Å². The first-order valence-corrected chi connectivity index (χ1v) is 9.07. The molecule has 25 heavy (non-hydrogen) atoms. The minimum Gasteiger partial charge on any atom is -0.326 e. The first kappa shape index (κ1) is 15.8. The molecule has 2 aromatic carbocycles. The van der Waals surface area contributed by atoms with Gasteiger partial charge in [0.25, 0.3) is 0 Å². The number of pyridine rings is 1. The number of hydrogen-bond acceptors (Lipinski definition) is 2. The molecule has 0 spiro atoms. The average Bonchev–Trinajstić information content (AvgIpc) is 2.69. The first-order valence-electron chi connectivity index (χ1n) is 9.07. The fraction of sp³-hybridized carbons (Fsp3) is 0.273. The Morgan fingerprint density at radius 3 is 2.44 bits per heavy atom. The summed E-state index contributed by atoms with van der Waals surface area (Å²) in [5, 5.41) is 4.20. The summed E-state index contributed by atoms with van der Waals surface area (Å²) in [7, 11) is 0. The molecule has 1 aliphatic rings. The molecule has 0 unspecified atom stereocenters. The molecule has 3 nitrogen and oxygen atoms in total. The number of para-hydroxylation sites is 1. The van der Waals surface area contributed by atoms with Gasteiger partial charge in [-0.3, -0.25) is 4.79 Å². The lowest BCUT2D eigenvalue weighted by atomic mass is 9.88. The van der Waals surface area contributed by atoms with Crippen molar-refractivity contribution in [3.05, 3.63) is 60.7 Å². The third-order valence-electron chi connectivity index (χ3n) is 5.02. The van der Waals surface area contributed by atoms with E-state index in [0.717, 1.165) is 40.7 Å². The second-order valence-corrected chi connectivity index (χ2v) is 6.79. The van der Waals surface area contributed by atoms with Crippen molar-refractivity contribution < 1.29 is 4.79 Å². The van der Waals surface area contributed by atoms with Crippen LogP contribution in [0.2, 0.25) is 0 Å². The Labute approximate surface area is 148 Å². The Bertz CT molecular complexity index is 880. The molecular weight excluding hydrogens is 308 g/mol. The topological polar surface area (TPSA) is 42.0 Å². The summed E-state index contributed by atoms with van der Waals surface area (Å²) in [6, 6.07) is 20.2. The Morgan fingerprint density at radius 2 is 1.64 bits per heavy atom. The standard InChI is InChI=1S/C22H22N2O/c25-22(18-7-2-1-3-8-18)23-19-13-10-17(11-14-19)21-15-12-16-6-4-5-9-20(16)24-21/h4-6,9-15,18H,1-3,7-8H2,(H,23,25). The zero-order chi connectivity index (χ0) is 17.1. The van der Waals surface area contributed by atoms with Gasteiger partial charge in [-0.2, -0.15) is 0 Å². The summed E-state index contributed by atoms with van der Waals surface area (Å²) in [5.74, 6) is 0.340. The lowest BCUT2D eigenvalue weighted by Gasteiger charge is -2.20. The van der Waals surface area contributed by atoms with Crippen molar-refractivity contribution >= 4 is 22.5 Å². The molecule has 0 bridgehead atoms. The third kappa shape index (κ3) is 3.55. The molecule has 1 saturated carbocycles. The van der Waals surface area contributed by atoms with E-state index in [2.05, 4.69) is 17.4 Å². The van der Waals surface area contributed by atoms with Gasteiger partial charge >= 0.3 is 0 Å². The van der Waals surface area contributed by atoms with Gasteiger partial charge < -0.3 is 5.32 Å². The van der Waals surface area contributed by atoms with Crippen molar-refractivity contribution in [3.63, 3.8) is 0 Å². The van der Waals surface area contributed by atoms with Crippen molar-refractivity contribution in [1.29, 1.82) is 0 Å². The largest absolute Gasteiger partial charge is 0.326 e. The van der Waals surface area contributed by atoms with E-state index in [9.17, 15) is 4.79 Å². The first-order chi connectivity index (χ1) is 12.3. The predicted octanol–water partition coefficient (Wildman–Crippen LogP) is 5.42. The van der Waals surface area contributed by atoms with Gasteiger partial charge in [-0.05, 0) is 37.1 Å². The molecule has 0 radical (unpaired) electrons. The molecule has 1 fully saturated rings. The molecule has 3 heteroatoms. The van der Waals surface area contributed by atoms with Crippen LogP contribution in [0.3, 0.4) is 0 Å². The Kier molecular flexibility index (Phi) is 4.47. The van der Waals surface area contributed by atoms with Crippen LogP contribution in [0, 0.1) is 5.92 Å². The van der Waals surface area contributed by atoms with Gasteiger partial charge in [0.1, 0.15) is 0 Å². The summed E-state index contributed by atoms with van der Waals surface area (Å²) in [4.78, 5) is 17.1. The number of nitrogens with one attached hydrogen (secondary N) is 1. The van der Waals surface area contributed by atoms with Gasteiger partial charge in [-0.15, -0.1) is 0 Å². The second kappa shape index (κ2) is 7.06. The predicted molar refractivity (Wildman–Crippen MR) is 102 cm³/mol. The van der Waals surface area contributed by atoms with Crippen LogP contribution in [0.15, 0.2) is 60.7 Å². The van der Waals surface area contributed by atoms with Crippen molar-refractivity contribution in [2.75, 3.05) is 5.32 Å². The fourth-order valence-electron chi connectivity index (χ4n) is 3.56. The maximum Gasteiger partial charge on any atom is 0.227 e. The lowest BCUT2D eigenvalue weighted by molar-refractivity contribution is -0.120. The van der Waals surface area contributed by atoms with Gasteiger partial charge in [0.05, 0.1) is 11.2 Å². The summed E-state index contributed by atoms with van der Waals surface area (Å²) in [6.07, 6.45) is 5.64. The van der Waals surface area contributed by atoms with E-state index in [1.54, 1.807) is 0 Å². The van der Waals surface area contributed by atoms with Crippen LogP contribution < -0.4 is 5.32 Å². The Morgan fingerprint density at radius 1 is 0.880 bits per heavy atom. The highest BCUT2D eigenvalue weighted by Crippen LogP contribution is 2.26. The second-order valence-electron chi connectivity index (χ2n) is 6.79. The molecule has 4 rings (SSSR count). The fourth-order valence-corrected chi connectivity index (χ4v) is 3.56. The molecule has 1 heterocycles. The summed E-state index contributed by atoms with van der Waals surface area (Å²) in [5.41, 5.74) is 3.86. The number of anilines is 1. The smallest absolute Gasteiger partial charge is 0.227 e. The molecule has 126 valence electrons. The van der Waals surface area contributed by atoms with Crippen LogP contribution in [-0.4, -0.2) is 10.9 Å². The number of hydrogen-bond donors (Lipinski definition) is 1. The number of carbonyl (C=O) groups excluding carboxylic acids is 1. The van der Waals surface area contributed by atoms with Crippen molar-refractivity contribution in [1.82, 2.24) is 4.98 Å². The molecular formula is C22H22N2O. The quantitative estimate of drug-likeness (QED) is 0.696. The van der Waals surface area contributed by atoms with Crippen LogP contribution in [0.4, 0.5) is 5.69 Å². The zero-order valence-corrected chi connectivity index (χ0v) is 14.2. The molecule has 0 atom stereocenters. The highest BCUT2D eigenvalue weighted by atomic mass is 16.1. The molecule has 0 saturated heterocycles. The van der Waals surface area contributed by atoms with Crippen molar-refractivity contribution in [2.24, 2.45) is 5.92 Å². The Balaban J connectivity index is 1.49. The molecule has 1 N–H and O–H groups in total.